The van der Waals surface area contributed by atoms with Gasteiger partial charge in [0.2, 0.25) is 0 Å². The van der Waals surface area contributed by atoms with Crippen LogP contribution in [0.3, 0.4) is 0 Å². The Labute approximate surface area is 93.2 Å². The molecule has 0 aromatic rings. The third-order valence-electron chi connectivity index (χ3n) is 3.60. The maximum Gasteiger partial charge on any atom is 0.0674 e. The van der Waals surface area contributed by atoms with Crippen molar-refractivity contribution in [3.05, 3.63) is 0 Å². The molecule has 0 aromatic heterocycles. The zero-order chi connectivity index (χ0) is 10.7. The SMILES string of the molecule is CC1CN(CC2(C)CCCCN2)CCO1. The molecule has 0 aromatic carbocycles. The highest BCUT2D eigenvalue weighted by molar-refractivity contribution is 4.90. The fourth-order valence-corrected chi connectivity index (χ4v) is 2.78. The summed E-state index contributed by atoms with van der Waals surface area (Å²) in [5.74, 6) is 0. The zero-order valence-electron chi connectivity index (χ0n) is 10.1. The van der Waals surface area contributed by atoms with Gasteiger partial charge in [-0.3, -0.25) is 4.90 Å². The topological polar surface area (TPSA) is 24.5 Å². The highest BCUT2D eigenvalue weighted by Gasteiger charge is 2.30. The number of hydrogen-bond donors (Lipinski definition) is 1. The zero-order valence-corrected chi connectivity index (χ0v) is 10.1. The van der Waals surface area contributed by atoms with Crippen molar-refractivity contribution in [2.45, 2.75) is 44.8 Å². The van der Waals surface area contributed by atoms with Crippen LogP contribution in [0.25, 0.3) is 0 Å². The summed E-state index contributed by atoms with van der Waals surface area (Å²) in [6.45, 7) is 10.0. The van der Waals surface area contributed by atoms with E-state index in [9.17, 15) is 0 Å². The van der Waals surface area contributed by atoms with Crippen molar-refractivity contribution in [2.75, 3.05) is 32.8 Å². The van der Waals surface area contributed by atoms with Crippen LogP contribution in [0.2, 0.25) is 0 Å². The highest BCUT2D eigenvalue weighted by atomic mass is 16.5. The number of rotatable bonds is 2. The first-order valence-electron chi connectivity index (χ1n) is 6.27. The first-order chi connectivity index (χ1) is 7.18. The normalized spacial score (nSPS) is 39.2. The molecular weight excluding hydrogens is 188 g/mol. The number of hydrogen-bond acceptors (Lipinski definition) is 3. The molecule has 2 fully saturated rings. The molecular formula is C12H24N2O. The second-order valence-electron chi connectivity index (χ2n) is 5.36. The van der Waals surface area contributed by atoms with Gasteiger partial charge in [0.25, 0.3) is 0 Å². The summed E-state index contributed by atoms with van der Waals surface area (Å²) < 4.78 is 5.57. The molecule has 2 saturated heterocycles. The van der Waals surface area contributed by atoms with Crippen molar-refractivity contribution < 1.29 is 4.74 Å². The molecule has 1 N–H and O–H groups in total. The predicted octanol–water partition coefficient (Wildman–Crippen LogP) is 1.24. The van der Waals surface area contributed by atoms with Gasteiger partial charge in [-0.2, -0.15) is 0 Å². The molecule has 15 heavy (non-hydrogen) atoms. The molecule has 2 unspecified atom stereocenters. The lowest BCUT2D eigenvalue weighted by Gasteiger charge is -2.41. The van der Waals surface area contributed by atoms with E-state index in [-0.39, 0.29) is 0 Å². The van der Waals surface area contributed by atoms with Crippen LogP contribution in [0.1, 0.15) is 33.1 Å². The van der Waals surface area contributed by atoms with E-state index in [1.54, 1.807) is 0 Å². The maximum atomic E-state index is 5.57. The molecule has 3 heteroatoms. The van der Waals surface area contributed by atoms with Gasteiger partial charge >= 0.3 is 0 Å². The summed E-state index contributed by atoms with van der Waals surface area (Å²) in [5.41, 5.74) is 0.343. The van der Waals surface area contributed by atoms with Crippen molar-refractivity contribution in [1.29, 1.82) is 0 Å². The molecule has 0 saturated carbocycles. The second kappa shape index (κ2) is 4.81. The minimum Gasteiger partial charge on any atom is -0.376 e. The van der Waals surface area contributed by atoms with Crippen molar-refractivity contribution in [1.82, 2.24) is 10.2 Å². The third-order valence-corrected chi connectivity index (χ3v) is 3.60. The van der Waals surface area contributed by atoms with Gasteiger partial charge in [0, 0.05) is 25.2 Å². The first-order valence-corrected chi connectivity index (χ1v) is 6.27. The standard InChI is InChI=1S/C12H24N2O/c1-11-9-14(7-8-15-11)10-12(2)5-3-4-6-13-12/h11,13H,3-10H2,1-2H3. The molecule has 0 bridgehead atoms. The van der Waals surface area contributed by atoms with E-state index in [4.69, 9.17) is 4.74 Å². The van der Waals surface area contributed by atoms with Gasteiger partial charge in [0.15, 0.2) is 0 Å². The van der Waals surface area contributed by atoms with Gasteiger partial charge in [0.05, 0.1) is 12.7 Å². The summed E-state index contributed by atoms with van der Waals surface area (Å²) in [5, 5.41) is 3.68. The number of nitrogens with one attached hydrogen (secondary N) is 1. The molecule has 0 spiro atoms. The number of morpholine rings is 1. The van der Waals surface area contributed by atoms with Crippen molar-refractivity contribution in [2.24, 2.45) is 0 Å². The predicted molar refractivity (Wildman–Crippen MR) is 62.1 cm³/mol. The Kier molecular flexibility index (Phi) is 3.65. The maximum absolute atomic E-state index is 5.57. The van der Waals surface area contributed by atoms with Gasteiger partial charge in [-0.05, 0) is 33.2 Å². The number of piperidine rings is 1. The second-order valence-corrected chi connectivity index (χ2v) is 5.36. The summed E-state index contributed by atoms with van der Waals surface area (Å²) in [6, 6.07) is 0. The third kappa shape index (κ3) is 3.16. The average Bonchev–Trinajstić information content (AvgIpc) is 2.18. The monoisotopic (exact) mass is 212 g/mol. The Balaban J connectivity index is 1.83. The van der Waals surface area contributed by atoms with Crippen LogP contribution in [-0.2, 0) is 4.74 Å². The lowest BCUT2D eigenvalue weighted by Crippen LogP contribution is -2.56. The molecule has 0 aliphatic carbocycles. The van der Waals surface area contributed by atoms with Crippen molar-refractivity contribution >= 4 is 0 Å². The van der Waals surface area contributed by atoms with Gasteiger partial charge in [-0.15, -0.1) is 0 Å². The van der Waals surface area contributed by atoms with Crippen LogP contribution in [0, 0.1) is 0 Å². The van der Waals surface area contributed by atoms with E-state index in [1.165, 1.54) is 32.4 Å². The minimum atomic E-state index is 0.343. The van der Waals surface area contributed by atoms with Crippen LogP contribution in [0.4, 0.5) is 0 Å². The molecule has 3 nitrogen and oxygen atoms in total. The van der Waals surface area contributed by atoms with Gasteiger partial charge in [-0.1, -0.05) is 6.42 Å². The van der Waals surface area contributed by atoms with Crippen LogP contribution in [0.5, 0.6) is 0 Å². The van der Waals surface area contributed by atoms with Crippen molar-refractivity contribution in [3.8, 4) is 0 Å². The van der Waals surface area contributed by atoms with Crippen LogP contribution < -0.4 is 5.32 Å². The highest BCUT2D eigenvalue weighted by Crippen LogP contribution is 2.20. The van der Waals surface area contributed by atoms with Crippen LogP contribution in [0.15, 0.2) is 0 Å². The molecule has 2 rings (SSSR count). The lowest BCUT2D eigenvalue weighted by molar-refractivity contribution is -0.0279. The summed E-state index contributed by atoms with van der Waals surface area (Å²) >= 11 is 0. The molecule has 2 aliphatic heterocycles. The molecule has 0 amide bonds. The smallest absolute Gasteiger partial charge is 0.0674 e. The van der Waals surface area contributed by atoms with Gasteiger partial charge in [-0.25, -0.2) is 0 Å². The van der Waals surface area contributed by atoms with Gasteiger partial charge < -0.3 is 10.1 Å². The molecule has 2 aliphatic rings. The minimum absolute atomic E-state index is 0.343. The largest absolute Gasteiger partial charge is 0.376 e. The van der Waals surface area contributed by atoms with Crippen LogP contribution >= 0.6 is 0 Å². The number of ether oxygens (including phenoxy) is 1. The van der Waals surface area contributed by atoms with E-state index >= 15 is 0 Å². The Morgan fingerprint density at radius 3 is 3.00 bits per heavy atom. The number of nitrogens with zero attached hydrogens (tertiary/aromatic N) is 1. The van der Waals surface area contributed by atoms with Gasteiger partial charge in [0.1, 0.15) is 0 Å². The summed E-state index contributed by atoms with van der Waals surface area (Å²) in [4.78, 5) is 2.55. The fourth-order valence-electron chi connectivity index (χ4n) is 2.78. The fraction of sp³-hybridized carbons (Fsp3) is 1.00. The Morgan fingerprint density at radius 2 is 2.33 bits per heavy atom. The molecule has 88 valence electrons. The molecule has 2 atom stereocenters. The Hall–Kier alpha value is -0.120. The van der Waals surface area contributed by atoms with Crippen LogP contribution in [-0.4, -0.2) is 49.3 Å². The lowest BCUT2D eigenvalue weighted by atomic mass is 9.90. The van der Waals surface area contributed by atoms with E-state index in [1.807, 2.05) is 0 Å². The molecule has 0 radical (unpaired) electrons. The quantitative estimate of drug-likeness (QED) is 0.745. The van der Waals surface area contributed by atoms with E-state index in [0.29, 0.717) is 11.6 Å². The average molecular weight is 212 g/mol. The van der Waals surface area contributed by atoms with Crippen molar-refractivity contribution in [3.63, 3.8) is 0 Å². The molecule has 2 heterocycles. The Bertz CT molecular complexity index is 202. The summed E-state index contributed by atoms with van der Waals surface area (Å²) in [7, 11) is 0. The van der Waals surface area contributed by atoms with E-state index in [2.05, 4.69) is 24.1 Å². The first kappa shape index (κ1) is 11.4. The summed E-state index contributed by atoms with van der Waals surface area (Å²) in [6.07, 6.45) is 4.45. The van der Waals surface area contributed by atoms with E-state index in [0.717, 1.165) is 19.7 Å². The van der Waals surface area contributed by atoms with E-state index < -0.39 is 0 Å². The Morgan fingerprint density at radius 1 is 1.47 bits per heavy atom.